The minimum absolute atomic E-state index is 0.0850. The second kappa shape index (κ2) is 21.2. The molecule has 1 aliphatic heterocycles. The van der Waals surface area contributed by atoms with E-state index >= 15 is 0 Å². The maximum absolute atomic E-state index is 14.5. The summed E-state index contributed by atoms with van der Waals surface area (Å²) in [7, 11) is 0. The first-order chi connectivity index (χ1) is 28.2. The largest absolute Gasteiger partial charge is 0.462 e. The maximum Gasteiger partial charge on any atom is 0.338 e. The highest BCUT2D eigenvalue weighted by Gasteiger charge is 2.47. The standard InChI is InChI=1S/C24H27FO5.C23H25FO5S/c1-14-6-15(2)9-19(8-14)23(27)29-13-18(5)22(21(25)12-26)30-24(28)20-10-16(3)7-17(4)11-20;1-12-5-13(2)8-16(7-12)21(25)28-11-18-20(19(24)23(27)30-18)29-22(26)17-9-14(3)6-15(4)10-17/h6-12,18,21-22H,13H2,1-5H3;5-10,18-20,23,27H,11H2,1-4H3/t18-,21+,22+;18-,19+,20-,23?/m01/s1. The van der Waals surface area contributed by atoms with E-state index in [0.717, 1.165) is 56.3 Å². The molecule has 0 aliphatic carbocycles. The highest BCUT2D eigenvalue weighted by Crippen LogP contribution is 2.37. The molecule has 1 heterocycles. The second-order valence-electron chi connectivity index (χ2n) is 15.5. The molecule has 7 atom stereocenters. The molecule has 60 heavy (non-hydrogen) atoms. The number of benzene rings is 4. The van der Waals surface area contributed by atoms with Crippen molar-refractivity contribution in [3.63, 3.8) is 0 Å². The highest BCUT2D eigenvalue weighted by molar-refractivity contribution is 8.00. The van der Waals surface area contributed by atoms with Crippen molar-refractivity contribution in [3.8, 4) is 0 Å². The van der Waals surface area contributed by atoms with Gasteiger partial charge in [0, 0.05) is 5.92 Å². The number of ether oxygens (including phenoxy) is 4. The SMILES string of the molecule is Cc1cc(C)cc(C(=O)OC[C@H](C)[C@@H](OC(=O)c2cc(C)cc(C)c2)[C@H](F)C=O)c1.Cc1cc(C)cc(C(=O)OC[C@H]2SC(O)[C@@H](F)[C@@H]2OC(=O)c2cc(C)cc(C)c2)c1. The first kappa shape index (κ1) is 47.3. The van der Waals surface area contributed by atoms with Crippen molar-refractivity contribution in [1.82, 2.24) is 0 Å². The fourth-order valence-corrected chi connectivity index (χ4v) is 8.10. The smallest absolute Gasteiger partial charge is 0.338 e. The molecule has 0 amide bonds. The Labute approximate surface area is 354 Å². The van der Waals surface area contributed by atoms with Gasteiger partial charge in [0.1, 0.15) is 18.1 Å². The summed E-state index contributed by atoms with van der Waals surface area (Å²) >= 11 is 0.895. The zero-order valence-corrected chi connectivity index (χ0v) is 36.1. The average Bonchev–Trinajstić information content (AvgIpc) is 3.43. The molecule has 1 saturated heterocycles. The number of hydrogen-bond acceptors (Lipinski definition) is 11. The lowest BCUT2D eigenvalue weighted by molar-refractivity contribution is -0.117. The number of halogens is 2. The molecule has 1 fully saturated rings. The summed E-state index contributed by atoms with van der Waals surface area (Å²) in [6.07, 6.45) is -6.31. The minimum Gasteiger partial charge on any atom is -0.462 e. The Morgan fingerprint density at radius 3 is 1.40 bits per heavy atom. The Hall–Kier alpha value is -5.40. The number of carbonyl (C=O) groups excluding carboxylic acids is 5. The van der Waals surface area contributed by atoms with Gasteiger partial charge in [0.15, 0.2) is 24.7 Å². The lowest BCUT2D eigenvalue weighted by atomic mass is 10.0. The van der Waals surface area contributed by atoms with Gasteiger partial charge in [-0.3, -0.25) is 4.79 Å². The van der Waals surface area contributed by atoms with E-state index in [-0.39, 0.29) is 25.1 Å². The summed E-state index contributed by atoms with van der Waals surface area (Å²) in [5.41, 5.74) is 7.21. The molecule has 10 nitrogen and oxygen atoms in total. The van der Waals surface area contributed by atoms with Gasteiger partial charge in [-0.05, 0) is 104 Å². The van der Waals surface area contributed by atoms with Crippen LogP contribution in [0.2, 0.25) is 0 Å². The summed E-state index contributed by atoms with van der Waals surface area (Å²) in [6.45, 7) is 16.0. The van der Waals surface area contributed by atoms with E-state index in [2.05, 4.69) is 0 Å². The van der Waals surface area contributed by atoms with E-state index in [1.165, 1.54) is 0 Å². The van der Waals surface area contributed by atoms with Gasteiger partial charge in [-0.15, -0.1) is 11.8 Å². The predicted octanol–water partition coefficient (Wildman–Crippen LogP) is 8.55. The summed E-state index contributed by atoms with van der Waals surface area (Å²) in [5, 5.41) is 9.21. The molecule has 1 unspecified atom stereocenters. The van der Waals surface area contributed by atoms with Crippen LogP contribution in [-0.2, 0) is 23.7 Å². The Bertz CT molecular complexity index is 2130. The molecule has 0 spiro atoms. The molecular weight excluding hydrogens is 795 g/mol. The number of aldehydes is 1. The molecule has 5 rings (SSSR count). The van der Waals surface area contributed by atoms with Crippen LogP contribution in [0, 0.1) is 61.3 Å². The van der Waals surface area contributed by atoms with Gasteiger partial charge in [0.25, 0.3) is 0 Å². The molecule has 4 aromatic carbocycles. The van der Waals surface area contributed by atoms with Crippen molar-refractivity contribution in [2.75, 3.05) is 13.2 Å². The van der Waals surface area contributed by atoms with E-state index in [9.17, 15) is 37.9 Å². The summed E-state index contributed by atoms with van der Waals surface area (Å²) in [5.74, 6) is -3.23. The quantitative estimate of drug-likeness (QED) is 0.0786. The molecule has 13 heteroatoms. The third-order valence-corrected chi connectivity index (χ3v) is 10.7. The number of aryl methyl sites for hydroxylation is 8. The molecule has 4 aromatic rings. The summed E-state index contributed by atoms with van der Waals surface area (Å²) < 4.78 is 50.1. The number of thioether (sulfide) groups is 1. The Kier molecular flexibility index (Phi) is 16.7. The van der Waals surface area contributed by atoms with Crippen LogP contribution in [0.4, 0.5) is 8.78 Å². The first-order valence-corrected chi connectivity index (χ1v) is 20.3. The lowest BCUT2D eigenvalue weighted by Crippen LogP contribution is -2.37. The number of aliphatic hydroxyl groups excluding tert-OH is 1. The summed E-state index contributed by atoms with van der Waals surface area (Å²) in [6, 6.07) is 21.1. The van der Waals surface area contributed by atoms with Crippen LogP contribution < -0.4 is 0 Å². The van der Waals surface area contributed by atoms with Crippen LogP contribution in [0.1, 0.15) is 92.9 Å². The van der Waals surface area contributed by atoms with Gasteiger partial charge in [-0.2, -0.15) is 0 Å². The maximum atomic E-state index is 14.5. The third kappa shape index (κ3) is 13.3. The zero-order chi connectivity index (χ0) is 44.4. The number of esters is 4. The molecule has 0 bridgehead atoms. The summed E-state index contributed by atoms with van der Waals surface area (Å²) in [4.78, 5) is 60.8. The van der Waals surface area contributed by atoms with Crippen LogP contribution in [-0.4, -0.2) is 83.7 Å². The fourth-order valence-electron chi connectivity index (χ4n) is 6.93. The van der Waals surface area contributed by atoms with Gasteiger partial charge in [-0.1, -0.05) is 75.7 Å². The van der Waals surface area contributed by atoms with E-state index in [4.69, 9.17) is 18.9 Å². The molecule has 1 N–H and O–H groups in total. The van der Waals surface area contributed by atoms with Crippen molar-refractivity contribution in [3.05, 3.63) is 140 Å². The van der Waals surface area contributed by atoms with Gasteiger partial charge < -0.3 is 24.1 Å². The molecule has 0 saturated carbocycles. The van der Waals surface area contributed by atoms with Crippen LogP contribution in [0.5, 0.6) is 0 Å². The molecule has 0 radical (unpaired) electrons. The first-order valence-electron chi connectivity index (χ1n) is 19.4. The van der Waals surface area contributed by atoms with E-state index in [1.54, 1.807) is 55.5 Å². The average molecular weight is 847 g/mol. The van der Waals surface area contributed by atoms with Crippen molar-refractivity contribution < 1.29 is 56.8 Å². The van der Waals surface area contributed by atoms with E-state index in [0.29, 0.717) is 16.7 Å². The monoisotopic (exact) mass is 846 g/mol. The van der Waals surface area contributed by atoms with Crippen LogP contribution in [0.3, 0.4) is 0 Å². The Balaban J connectivity index is 0.000000265. The van der Waals surface area contributed by atoms with Crippen LogP contribution >= 0.6 is 11.8 Å². The van der Waals surface area contributed by atoms with Crippen molar-refractivity contribution >= 4 is 41.9 Å². The minimum atomic E-state index is -2.03. The predicted molar refractivity (Wildman–Crippen MR) is 225 cm³/mol. The van der Waals surface area contributed by atoms with E-state index < -0.39 is 65.0 Å². The fraction of sp³-hybridized carbons (Fsp3) is 0.383. The second-order valence-corrected chi connectivity index (χ2v) is 16.9. The molecule has 320 valence electrons. The Morgan fingerprint density at radius 2 is 1.00 bits per heavy atom. The van der Waals surface area contributed by atoms with Gasteiger partial charge in [0.05, 0.1) is 34.1 Å². The number of hydrogen-bond donors (Lipinski definition) is 1. The number of aliphatic hydroxyl groups is 1. The number of carbonyl (C=O) groups is 5. The molecular formula is C47H52F2O10S. The van der Waals surface area contributed by atoms with Crippen molar-refractivity contribution in [2.45, 2.75) is 97.6 Å². The van der Waals surface area contributed by atoms with Gasteiger partial charge >= 0.3 is 23.9 Å². The number of rotatable bonds is 13. The lowest BCUT2D eigenvalue weighted by Gasteiger charge is -2.24. The number of alkyl halides is 2. The normalized spacial score (nSPS) is 18.5. The molecule has 0 aromatic heterocycles. The van der Waals surface area contributed by atoms with Crippen LogP contribution in [0.25, 0.3) is 0 Å². The van der Waals surface area contributed by atoms with Gasteiger partial charge in [-0.25, -0.2) is 28.0 Å². The van der Waals surface area contributed by atoms with Crippen molar-refractivity contribution in [2.24, 2.45) is 5.92 Å². The molecule has 1 aliphatic rings. The van der Waals surface area contributed by atoms with Gasteiger partial charge in [0.2, 0.25) is 0 Å². The highest BCUT2D eigenvalue weighted by atomic mass is 32.2. The third-order valence-electron chi connectivity index (χ3n) is 9.44. The Morgan fingerprint density at radius 1 is 0.633 bits per heavy atom. The van der Waals surface area contributed by atoms with Crippen molar-refractivity contribution in [1.29, 1.82) is 0 Å². The van der Waals surface area contributed by atoms with Crippen LogP contribution in [0.15, 0.2) is 72.8 Å². The topological polar surface area (TPSA) is 143 Å². The zero-order valence-electron chi connectivity index (χ0n) is 35.2. The van der Waals surface area contributed by atoms with E-state index in [1.807, 2.05) is 79.7 Å².